The van der Waals surface area contributed by atoms with E-state index in [1.165, 1.54) is 17.7 Å². The molecule has 0 unspecified atom stereocenters. The molecule has 3 rings (SSSR count). The molecule has 5 nitrogen and oxygen atoms in total. The molecule has 1 amide bonds. The number of aryl methyl sites for hydroxylation is 1. The van der Waals surface area contributed by atoms with Crippen LogP contribution in [-0.2, 0) is 6.54 Å². The third kappa shape index (κ3) is 4.29. The molecule has 0 aliphatic heterocycles. The van der Waals surface area contributed by atoms with E-state index in [2.05, 4.69) is 19.2 Å². The lowest BCUT2D eigenvalue weighted by Crippen LogP contribution is -3.10. The van der Waals surface area contributed by atoms with Gasteiger partial charge >= 0.3 is 0 Å². The van der Waals surface area contributed by atoms with Crippen LogP contribution < -0.4 is 10.2 Å². The zero-order chi connectivity index (χ0) is 19.4. The van der Waals surface area contributed by atoms with Crippen LogP contribution in [0.5, 0.6) is 5.75 Å². The number of carbonyl (C=O) groups excluding carboxylic acids is 1. The summed E-state index contributed by atoms with van der Waals surface area (Å²) in [4.78, 5) is 14.5. The summed E-state index contributed by atoms with van der Waals surface area (Å²) in [6.45, 7) is 8.99. The number of benzene rings is 1. The highest BCUT2D eigenvalue weighted by molar-refractivity contribution is 6.09. The maximum Gasteiger partial charge on any atom is 0.255 e. The fourth-order valence-corrected chi connectivity index (χ4v) is 4.41. The molecule has 148 valence electrons. The first-order valence-electron chi connectivity index (χ1n) is 10.4. The highest BCUT2D eigenvalue weighted by atomic mass is 16.3. The number of fused-ring (bicyclic) bond motifs is 1. The van der Waals surface area contributed by atoms with Crippen LogP contribution in [0.15, 0.2) is 16.5 Å². The smallest absolute Gasteiger partial charge is 0.255 e. The highest BCUT2D eigenvalue weighted by Gasteiger charge is 2.27. The first-order valence-corrected chi connectivity index (χ1v) is 10.4. The molecule has 0 atom stereocenters. The molecule has 1 aromatic carbocycles. The van der Waals surface area contributed by atoms with Gasteiger partial charge in [-0.1, -0.05) is 26.7 Å². The van der Waals surface area contributed by atoms with E-state index in [1.54, 1.807) is 12.1 Å². The van der Waals surface area contributed by atoms with Crippen molar-refractivity contribution < 1.29 is 19.2 Å². The molecule has 1 aromatic heterocycles. The molecule has 2 aromatic rings. The number of quaternary nitrogens is 1. The summed E-state index contributed by atoms with van der Waals surface area (Å²) in [6.07, 6.45) is 6.62. The summed E-state index contributed by atoms with van der Waals surface area (Å²) >= 11 is 0. The van der Waals surface area contributed by atoms with E-state index in [0.29, 0.717) is 23.5 Å². The van der Waals surface area contributed by atoms with E-state index >= 15 is 0 Å². The van der Waals surface area contributed by atoms with Gasteiger partial charge in [-0.3, -0.25) is 4.79 Å². The van der Waals surface area contributed by atoms with Crippen molar-refractivity contribution in [2.45, 2.75) is 71.9 Å². The molecule has 3 N–H and O–H groups in total. The van der Waals surface area contributed by atoms with Gasteiger partial charge in [0.2, 0.25) is 0 Å². The largest absolute Gasteiger partial charge is 0.507 e. The van der Waals surface area contributed by atoms with E-state index in [4.69, 9.17) is 4.42 Å². The lowest BCUT2D eigenvalue weighted by Gasteiger charge is -2.19. The van der Waals surface area contributed by atoms with Crippen LogP contribution in [0.3, 0.4) is 0 Å². The minimum Gasteiger partial charge on any atom is -0.507 e. The summed E-state index contributed by atoms with van der Waals surface area (Å²) < 4.78 is 5.90. The summed E-state index contributed by atoms with van der Waals surface area (Å²) in [5.74, 6) is 0.806. The average molecular weight is 374 g/mol. The third-order valence-electron chi connectivity index (χ3n) is 5.67. The van der Waals surface area contributed by atoms with Crippen molar-refractivity contribution in [3.05, 3.63) is 29.0 Å². The number of aromatic hydroxyl groups is 1. The molecule has 1 aliphatic rings. The SMILES string of the molecule is CCC[NH+](CCC)Cc1c(O)ccc2oc(C)c(C(=O)NC3CCCC3)c12. The van der Waals surface area contributed by atoms with Crippen LogP contribution in [0.1, 0.15) is 74.1 Å². The Kier molecular flexibility index (Phi) is 6.42. The maximum atomic E-state index is 13.0. The van der Waals surface area contributed by atoms with Gasteiger partial charge in [-0.15, -0.1) is 0 Å². The topological polar surface area (TPSA) is 66.9 Å². The van der Waals surface area contributed by atoms with Crippen molar-refractivity contribution in [1.82, 2.24) is 5.32 Å². The Morgan fingerprint density at radius 2 is 1.89 bits per heavy atom. The predicted molar refractivity (Wildman–Crippen MR) is 107 cm³/mol. The Morgan fingerprint density at radius 1 is 1.22 bits per heavy atom. The number of amides is 1. The molecule has 0 saturated heterocycles. The van der Waals surface area contributed by atoms with Gasteiger partial charge in [0, 0.05) is 11.4 Å². The molecule has 1 saturated carbocycles. The van der Waals surface area contributed by atoms with Crippen LogP contribution in [0.2, 0.25) is 0 Å². The number of hydrogen-bond acceptors (Lipinski definition) is 3. The van der Waals surface area contributed by atoms with Crippen LogP contribution in [0.25, 0.3) is 11.0 Å². The first kappa shape index (κ1) is 19.7. The number of carbonyl (C=O) groups is 1. The van der Waals surface area contributed by atoms with Crippen molar-refractivity contribution in [3.8, 4) is 5.75 Å². The Balaban J connectivity index is 1.99. The van der Waals surface area contributed by atoms with Crippen molar-refractivity contribution in [1.29, 1.82) is 0 Å². The zero-order valence-corrected chi connectivity index (χ0v) is 16.9. The Labute approximate surface area is 161 Å². The van der Waals surface area contributed by atoms with Gasteiger partial charge < -0.3 is 19.7 Å². The van der Waals surface area contributed by atoms with E-state index in [-0.39, 0.29) is 17.7 Å². The molecule has 0 radical (unpaired) electrons. The standard InChI is InChI=1S/C22H32N2O3/c1-4-12-24(13-5-2)14-17-18(25)10-11-19-21(17)20(15(3)27-19)22(26)23-16-8-6-7-9-16/h10-11,16,25H,4-9,12-14H2,1-3H3,(H,23,26)/p+1. The van der Waals surface area contributed by atoms with E-state index < -0.39 is 0 Å². The number of rotatable bonds is 8. The van der Waals surface area contributed by atoms with Crippen molar-refractivity contribution >= 4 is 16.9 Å². The van der Waals surface area contributed by atoms with Crippen LogP contribution >= 0.6 is 0 Å². The molecule has 0 bridgehead atoms. The highest BCUT2D eigenvalue weighted by Crippen LogP contribution is 2.33. The Bertz CT molecular complexity index is 784. The second-order valence-corrected chi connectivity index (χ2v) is 7.85. The van der Waals surface area contributed by atoms with Crippen LogP contribution in [-0.4, -0.2) is 30.1 Å². The monoisotopic (exact) mass is 373 g/mol. The minimum atomic E-state index is -0.0717. The molecule has 1 aliphatic carbocycles. The molecule has 1 heterocycles. The zero-order valence-electron chi connectivity index (χ0n) is 16.9. The molecule has 1 fully saturated rings. The second-order valence-electron chi connectivity index (χ2n) is 7.85. The van der Waals surface area contributed by atoms with Gasteiger partial charge in [0.05, 0.1) is 24.2 Å². The Morgan fingerprint density at radius 3 is 2.52 bits per heavy atom. The van der Waals surface area contributed by atoms with Gasteiger partial charge in [0.15, 0.2) is 0 Å². The molecule has 27 heavy (non-hydrogen) atoms. The number of nitrogens with one attached hydrogen (secondary N) is 2. The predicted octanol–water partition coefficient (Wildman–Crippen LogP) is 3.32. The van der Waals surface area contributed by atoms with Crippen LogP contribution in [0.4, 0.5) is 0 Å². The molecular weight excluding hydrogens is 340 g/mol. The van der Waals surface area contributed by atoms with Crippen molar-refractivity contribution in [3.63, 3.8) is 0 Å². The fourth-order valence-electron chi connectivity index (χ4n) is 4.41. The van der Waals surface area contributed by atoms with E-state index in [0.717, 1.165) is 49.7 Å². The number of furan rings is 1. The van der Waals surface area contributed by atoms with Gasteiger partial charge in [-0.05, 0) is 44.7 Å². The number of phenols is 1. The lowest BCUT2D eigenvalue weighted by atomic mass is 10.0. The van der Waals surface area contributed by atoms with Gasteiger partial charge in [-0.2, -0.15) is 0 Å². The summed E-state index contributed by atoms with van der Waals surface area (Å²) in [6, 6.07) is 3.71. The Hall–Kier alpha value is -2.01. The minimum absolute atomic E-state index is 0.0717. The summed E-state index contributed by atoms with van der Waals surface area (Å²) in [5, 5.41) is 14.6. The quantitative estimate of drug-likeness (QED) is 0.665. The van der Waals surface area contributed by atoms with Gasteiger partial charge in [0.1, 0.15) is 23.6 Å². The normalized spacial score (nSPS) is 15.1. The molecule has 0 spiro atoms. The molecule has 5 heteroatoms. The lowest BCUT2D eigenvalue weighted by molar-refractivity contribution is -0.913. The van der Waals surface area contributed by atoms with Crippen molar-refractivity contribution in [2.75, 3.05) is 13.1 Å². The third-order valence-corrected chi connectivity index (χ3v) is 5.67. The average Bonchev–Trinajstić information content (AvgIpc) is 3.24. The van der Waals surface area contributed by atoms with Gasteiger partial charge in [0.25, 0.3) is 5.91 Å². The summed E-state index contributed by atoms with van der Waals surface area (Å²) in [7, 11) is 0. The molecular formula is C22H33N2O3+. The van der Waals surface area contributed by atoms with E-state index in [9.17, 15) is 9.90 Å². The summed E-state index contributed by atoms with van der Waals surface area (Å²) in [5.41, 5.74) is 2.11. The van der Waals surface area contributed by atoms with Crippen LogP contribution in [0, 0.1) is 6.92 Å². The second kappa shape index (κ2) is 8.79. The fraction of sp³-hybridized carbons (Fsp3) is 0.591. The maximum absolute atomic E-state index is 13.0. The van der Waals surface area contributed by atoms with Crippen molar-refractivity contribution in [2.24, 2.45) is 0 Å². The van der Waals surface area contributed by atoms with E-state index in [1.807, 2.05) is 6.92 Å². The number of phenolic OH excluding ortho intramolecular Hbond substituents is 1. The number of hydrogen-bond donors (Lipinski definition) is 3. The first-order chi connectivity index (χ1) is 13.0. The van der Waals surface area contributed by atoms with Gasteiger partial charge in [-0.25, -0.2) is 0 Å².